The van der Waals surface area contributed by atoms with Gasteiger partial charge in [0.2, 0.25) is 5.88 Å². The van der Waals surface area contributed by atoms with Crippen molar-refractivity contribution in [1.82, 2.24) is 0 Å². The van der Waals surface area contributed by atoms with Crippen LogP contribution < -0.4 is 10.5 Å². The summed E-state index contributed by atoms with van der Waals surface area (Å²) in [5, 5.41) is 0. The van der Waals surface area contributed by atoms with Gasteiger partial charge in [-0.1, -0.05) is 31.9 Å². The Morgan fingerprint density at radius 2 is 2.00 bits per heavy atom. The van der Waals surface area contributed by atoms with Crippen molar-refractivity contribution in [3.63, 3.8) is 0 Å². The number of hydrogen-bond acceptors (Lipinski definition) is 6. The van der Waals surface area contributed by atoms with Crippen molar-refractivity contribution >= 4 is 11.8 Å². The number of rotatable bonds is 4. The molecule has 28 heavy (non-hydrogen) atoms. The first kappa shape index (κ1) is 19.6. The maximum atomic E-state index is 13.0. The van der Waals surface area contributed by atoms with Gasteiger partial charge in [-0.05, 0) is 23.1 Å². The molecule has 2 aliphatic rings. The molecule has 1 unspecified atom stereocenters. The number of carbonyl (C=O) groups is 2. The zero-order chi connectivity index (χ0) is 20.5. The predicted molar refractivity (Wildman–Crippen MR) is 103 cm³/mol. The molecule has 6 heteroatoms. The first-order valence-electron chi connectivity index (χ1n) is 8.95. The number of allylic oxidation sites excluding steroid dienone is 2. The molecule has 1 heterocycles. The molecule has 3 rings (SSSR count). The second kappa shape index (κ2) is 7.43. The smallest absolute Gasteiger partial charge is 0.340 e. The molecule has 0 spiro atoms. The molecule has 0 saturated heterocycles. The largest absolute Gasteiger partial charge is 0.481 e. The Morgan fingerprint density at radius 3 is 2.61 bits per heavy atom. The van der Waals surface area contributed by atoms with Crippen molar-refractivity contribution in [3.8, 4) is 18.1 Å². The van der Waals surface area contributed by atoms with E-state index < -0.39 is 11.9 Å². The van der Waals surface area contributed by atoms with Crippen LogP contribution in [0.2, 0.25) is 0 Å². The van der Waals surface area contributed by atoms with E-state index in [0.29, 0.717) is 29.9 Å². The van der Waals surface area contributed by atoms with Gasteiger partial charge < -0.3 is 19.9 Å². The molecule has 0 aromatic heterocycles. The molecule has 1 aliphatic carbocycles. The summed E-state index contributed by atoms with van der Waals surface area (Å²) in [6.45, 7) is 4.15. The van der Waals surface area contributed by atoms with E-state index in [2.05, 4.69) is 5.92 Å². The maximum absolute atomic E-state index is 13.0. The number of hydrogen-bond donors (Lipinski definition) is 1. The Morgan fingerprint density at radius 1 is 1.32 bits per heavy atom. The molecule has 0 radical (unpaired) electrons. The van der Waals surface area contributed by atoms with E-state index >= 15 is 0 Å². The molecule has 0 bridgehead atoms. The monoisotopic (exact) mass is 381 g/mol. The quantitative estimate of drug-likeness (QED) is 0.637. The Hall–Kier alpha value is -3.20. The number of ether oxygens (including phenoxy) is 3. The normalized spacial score (nSPS) is 20.8. The molecule has 6 nitrogen and oxygen atoms in total. The zero-order valence-corrected chi connectivity index (χ0v) is 16.2. The summed E-state index contributed by atoms with van der Waals surface area (Å²) in [5.74, 6) is 2.15. The minimum absolute atomic E-state index is 0.0336. The average Bonchev–Trinajstić information content (AvgIpc) is 2.64. The van der Waals surface area contributed by atoms with E-state index in [0.717, 1.165) is 5.56 Å². The number of esters is 1. The summed E-state index contributed by atoms with van der Waals surface area (Å²) in [5.41, 5.74) is 7.16. The fraction of sp³-hybridized carbons (Fsp3) is 0.364. The summed E-state index contributed by atoms with van der Waals surface area (Å²) in [6.07, 6.45) is 6.13. The number of terminal acetylenes is 1. The lowest BCUT2D eigenvalue weighted by Gasteiger charge is -2.37. The van der Waals surface area contributed by atoms with Gasteiger partial charge in [0.05, 0.1) is 13.0 Å². The van der Waals surface area contributed by atoms with Crippen molar-refractivity contribution in [2.24, 2.45) is 11.1 Å². The van der Waals surface area contributed by atoms with Gasteiger partial charge in [-0.3, -0.25) is 4.79 Å². The lowest BCUT2D eigenvalue weighted by atomic mass is 9.70. The lowest BCUT2D eigenvalue weighted by molar-refractivity contribution is -0.136. The van der Waals surface area contributed by atoms with Crippen LogP contribution in [0.5, 0.6) is 5.75 Å². The van der Waals surface area contributed by atoms with Crippen molar-refractivity contribution in [3.05, 3.63) is 52.6 Å². The van der Waals surface area contributed by atoms with Crippen LogP contribution >= 0.6 is 0 Å². The van der Waals surface area contributed by atoms with Gasteiger partial charge in [-0.25, -0.2) is 4.79 Å². The Balaban J connectivity index is 2.10. The van der Waals surface area contributed by atoms with Crippen LogP contribution in [-0.4, -0.2) is 25.5 Å². The van der Waals surface area contributed by atoms with Gasteiger partial charge in [0.25, 0.3) is 0 Å². The van der Waals surface area contributed by atoms with Crippen LogP contribution in [0.3, 0.4) is 0 Å². The highest BCUT2D eigenvalue weighted by Crippen LogP contribution is 2.48. The predicted octanol–water partition coefficient (Wildman–Crippen LogP) is 2.80. The number of methoxy groups -OCH3 is 1. The van der Waals surface area contributed by atoms with Gasteiger partial charge in [-0.15, -0.1) is 6.42 Å². The van der Waals surface area contributed by atoms with E-state index in [-0.39, 0.29) is 29.3 Å². The van der Waals surface area contributed by atoms with Crippen LogP contribution in [0.15, 0.2) is 47.1 Å². The summed E-state index contributed by atoms with van der Waals surface area (Å²) in [6, 6.07) is 7.06. The molecular weight excluding hydrogens is 358 g/mol. The minimum atomic E-state index is -0.651. The first-order chi connectivity index (χ1) is 13.3. The van der Waals surface area contributed by atoms with Crippen LogP contribution in [0, 0.1) is 17.8 Å². The molecule has 146 valence electrons. The second-order valence-corrected chi connectivity index (χ2v) is 7.64. The van der Waals surface area contributed by atoms with Crippen LogP contribution in [0.4, 0.5) is 0 Å². The van der Waals surface area contributed by atoms with Gasteiger partial charge in [0.15, 0.2) is 5.78 Å². The van der Waals surface area contributed by atoms with Crippen molar-refractivity contribution in [2.75, 3.05) is 13.7 Å². The number of benzene rings is 1. The molecule has 1 aromatic rings. The molecule has 2 N–H and O–H groups in total. The molecule has 0 amide bonds. The molecule has 0 fully saturated rings. The Bertz CT molecular complexity index is 915. The van der Waals surface area contributed by atoms with Gasteiger partial charge in [-0.2, -0.15) is 0 Å². The molecular formula is C22H23NO5. The van der Waals surface area contributed by atoms with Gasteiger partial charge >= 0.3 is 5.97 Å². The van der Waals surface area contributed by atoms with Crippen molar-refractivity contribution < 1.29 is 23.8 Å². The second-order valence-electron chi connectivity index (χ2n) is 7.64. The van der Waals surface area contributed by atoms with E-state index in [9.17, 15) is 9.59 Å². The first-order valence-corrected chi connectivity index (χ1v) is 8.95. The third-order valence-corrected chi connectivity index (χ3v) is 4.90. The summed E-state index contributed by atoms with van der Waals surface area (Å²) >= 11 is 0. The topological polar surface area (TPSA) is 87.8 Å². The summed E-state index contributed by atoms with van der Waals surface area (Å²) in [4.78, 5) is 25.5. The molecule has 0 saturated carbocycles. The average molecular weight is 381 g/mol. The fourth-order valence-electron chi connectivity index (χ4n) is 3.71. The van der Waals surface area contributed by atoms with Gasteiger partial charge in [0, 0.05) is 18.4 Å². The van der Waals surface area contributed by atoms with Gasteiger partial charge in [0.1, 0.15) is 23.7 Å². The highest BCUT2D eigenvalue weighted by molar-refractivity contribution is 6.03. The zero-order valence-electron chi connectivity index (χ0n) is 16.2. The SMILES string of the molecule is C#CCOc1ccc(C2C(C(=O)OC)=C(N)OC3=C2C(=O)CC(C)(C)C3)cc1. The molecule has 1 atom stereocenters. The Labute approximate surface area is 164 Å². The van der Waals surface area contributed by atoms with Crippen molar-refractivity contribution in [2.45, 2.75) is 32.6 Å². The molecule has 1 aliphatic heterocycles. The van der Waals surface area contributed by atoms with E-state index in [1.54, 1.807) is 24.3 Å². The van der Waals surface area contributed by atoms with E-state index in [4.69, 9.17) is 26.4 Å². The Kier molecular flexibility index (Phi) is 5.19. The lowest BCUT2D eigenvalue weighted by Crippen LogP contribution is -2.35. The third-order valence-electron chi connectivity index (χ3n) is 4.90. The number of ketones is 1. The fourth-order valence-corrected chi connectivity index (χ4v) is 3.71. The molecule has 1 aromatic carbocycles. The highest BCUT2D eigenvalue weighted by atomic mass is 16.5. The van der Waals surface area contributed by atoms with Crippen molar-refractivity contribution in [1.29, 1.82) is 0 Å². The summed E-state index contributed by atoms with van der Waals surface area (Å²) in [7, 11) is 1.27. The maximum Gasteiger partial charge on any atom is 0.340 e. The van der Waals surface area contributed by atoms with E-state index in [1.807, 2.05) is 13.8 Å². The highest BCUT2D eigenvalue weighted by Gasteiger charge is 2.44. The van der Waals surface area contributed by atoms with Crippen LogP contribution in [0.1, 0.15) is 38.2 Å². The summed E-state index contributed by atoms with van der Waals surface area (Å²) < 4.78 is 16.0. The number of Topliss-reactive ketones (excluding diaryl/α,β-unsaturated/α-hetero) is 1. The number of carbonyl (C=O) groups excluding carboxylic acids is 2. The van der Waals surface area contributed by atoms with E-state index in [1.165, 1.54) is 7.11 Å². The van der Waals surface area contributed by atoms with Crippen LogP contribution in [0.25, 0.3) is 0 Å². The minimum Gasteiger partial charge on any atom is -0.481 e. The number of nitrogens with two attached hydrogens (primary N) is 1. The van der Waals surface area contributed by atoms with Crippen LogP contribution in [-0.2, 0) is 19.1 Å². The third kappa shape index (κ3) is 3.61. The standard InChI is InChI=1S/C22H23NO5/c1-5-10-27-14-8-6-13(7-9-14)17-18-15(24)11-22(2,3)12-16(18)28-20(23)19(17)21(25)26-4/h1,6-9,17H,10-12,23H2,2-4H3.